The summed E-state index contributed by atoms with van der Waals surface area (Å²) >= 11 is 2.95. The molecule has 0 aliphatic heterocycles. The predicted octanol–water partition coefficient (Wildman–Crippen LogP) is 5.31. The Hall–Kier alpha value is -3.36. The highest BCUT2D eigenvalue weighted by molar-refractivity contribution is 7.22. The van der Waals surface area contributed by atoms with Gasteiger partial charge in [0, 0.05) is 13.0 Å². The third-order valence-corrected chi connectivity index (χ3v) is 7.67. The summed E-state index contributed by atoms with van der Waals surface area (Å²) in [6, 6.07) is 15.8. The van der Waals surface area contributed by atoms with Crippen LogP contribution in [0.3, 0.4) is 0 Å². The van der Waals surface area contributed by atoms with Crippen LogP contribution >= 0.6 is 22.7 Å². The summed E-state index contributed by atoms with van der Waals surface area (Å²) in [6.07, 6.45) is 1.71. The van der Waals surface area contributed by atoms with Gasteiger partial charge in [-0.15, -0.1) is 11.3 Å². The number of carbonyl (C=O) groups excluding carboxylic acids is 1. The van der Waals surface area contributed by atoms with E-state index in [2.05, 4.69) is 31.0 Å². The lowest BCUT2D eigenvalue weighted by Crippen LogP contribution is -2.32. The number of nitrogens with zero attached hydrogens (tertiary/aromatic N) is 4. The van der Waals surface area contributed by atoms with Gasteiger partial charge in [0.25, 0.3) is 5.56 Å². The Labute approximate surface area is 198 Å². The minimum atomic E-state index is -0.116. The zero-order valence-corrected chi connectivity index (χ0v) is 19.9. The van der Waals surface area contributed by atoms with Crippen LogP contribution in [0.15, 0.2) is 65.0 Å². The fraction of sp³-hybridized carbons (Fsp3) is 0.200. The molecule has 0 fully saturated rings. The summed E-state index contributed by atoms with van der Waals surface area (Å²) in [4.78, 5) is 37.8. The van der Waals surface area contributed by atoms with Crippen molar-refractivity contribution in [2.75, 3.05) is 4.90 Å². The van der Waals surface area contributed by atoms with Gasteiger partial charge in [0.15, 0.2) is 5.13 Å². The van der Waals surface area contributed by atoms with Crippen LogP contribution in [0.1, 0.15) is 23.1 Å². The summed E-state index contributed by atoms with van der Waals surface area (Å²) in [7, 11) is 0. The van der Waals surface area contributed by atoms with Crippen LogP contribution in [-0.4, -0.2) is 20.4 Å². The number of aryl methyl sites for hydroxylation is 3. The molecular formula is C25H22N4O2S2. The van der Waals surface area contributed by atoms with Crippen LogP contribution in [0.5, 0.6) is 0 Å². The van der Waals surface area contributed by atoms with Gasteiger partial charge in [0.1, 0.15) is 4.83 Å². The number of fused-ring (bicyclic) bond motifs is 2. The monoisotopic (exact) mass is 474 g/mol. The van der Waals surface area contributed by atoms with Gasteiger partial charge in [-0.3, -0.25) is 19.1 Å². The number of thiazole rings is 1. The molecule has 6 nitrogen and oxygen atoms in total. The molecule has 1 amide bonds. The van der Waals surface area contributed by atoms with Crippen molar-refractivity contribution in [3.8, 4) is 0 Å². The summed E-state index contributed by atoms with van der Waals surface area (Å²) < 4.78 is 2.57. The molecular weight excluding hydrogens is 452 g/mol. The molecule has 2 aromatic carbocycles. The summed E-state index contributed by atoms with van der Waals surface area (Å²) in [6.45, 7) is 4.82. The van der Waals surface area contributed by atoms with Crippen LogP contribution < -0.4 is 10.5 Å². The molecule has 5 aromatic rings. The highest BCUT2D eigenvalue weighted by Gasteiger charge is 2.21. The average Bonchev–Trinajstić information content (AvgIpc) is 3.48. The van der Waals surface area contributed by atoms with Crippen LogP contribution in [0, 0.1) is 13.8 Å². The van der Waals surface area contributed by atoms with Crippen molar-refractivity contribution in [1.82, 2.24) is 14.5 Å². The molecule has 5 rings (SSSR count). The molecule has 33 heavy (non-hydrogen) atoms. The molecule has 3 aromatic heterocycles. The average molecular weight is 475 g/mol. The molecule has 0 bridgehead atoms. The molecule has 0 aliphatic carbocycles. The van der Waals surface area contributed by atoms with E-state index < -0.39 is 0 Å². The van der Waals surface area contributed by atoms with Gasteiger partial charge in [-0.05, 0) is 48.1 Å². The topological polar surface area (TPSA) is 68.1 Å². The van der Waals surface area contributed by atoms with Crippen molar-refractivity contribution in [2.24, 2.45) is 0 Å². The van der Waals surface area contributed by atoms with E-state index in [0.717, 1.165) is 21.3 Å². The number of rotatable bonds is 6. The quantitative estimate of drug-likeness (QED) is 0.335. The van der Waals surface area contributed by atoms with Crippen molar-refractivity contribution < 1.29 is 4.79 Å². The number of thiophene rings is 1. The van der Waals surface area contributed by atoms with E-state index in [1.54, 1.807) is 11.0 Å². The second kappa shape index (κ2) is 8.88. The highest BCUT2D eigenvalue weighted by Crippen LogP contribution is 2.33. The molecule has 0 unspecified atom stereocenters. The fourth-order valence-electron chi connectivity index (χ4n) is 3.76. The molecule has 0 atom stereocenters. The van der Waals surface area contributed by atoms with Gasteiger partial charge in [0.2, 0.25) is 5.91 Å². The molecule has 0 aliphatic rings. The molecule has 166 valence electrons. The molecule has 8 heteroatoms. The van der Waals surface area contributed by atoms with Gasteiger partial charge in [-0.1, -0.05) is 47.7 Å². The molecule has 0 N–H and O–H groups in total. The van der Waals surface area contributed by atoms with Gasteiger partial charge in [0.05, 0.1) is 28.5 Å². The summed E-state index contributed by atoms with van der Waals surface area (Å²) in [5.41, 5.74) is 4.15. The van der Waals surface area contributed by atoms with Crippen LogP contribution in [0.25, 0.3) is 20.4 Å². The first-order chi connectivity index (χ1) is 16.0. The van der Waals surface area contributed by atoms with E-state index >= 15 is 0 Å². The summed E-state index contributed by atoms with van der Waals surface area (Å²) in [5, 5.41) is 3.12. The van der Waals surface area contributed by atoms with Crippen molar-refractivity contribution >= 4 is 54.1 Å². The standard InChI is InChI=1S/C25H22N4O2S2/c1-16-8-9-20-22(17(16)2)27-25(33-20)29(14-18-6-4-3-5-7-18)21(30)10-12-28-15-26-23-19(24(28)31)11-13-32-23/h3-9,11,13,15H,10,12,14H2,1-2H3. The zero-order chi connectivity index (χ0) is 22.9. The van der Waals surface area contributed by atoms with Gasteiger partial charge in [-0.25, -0.2) is 9.97 Å². The lowest BCUT2D eigenvalue weighted by Gasteiger charge is -2.20. The van der Waals surface area contributed by atoms with E-state index in [4.69, 9.17) is 4.98 Å². The Morgan fingerprint density at radius 3 is 2.73 bits per heavy atom. The zero-order valence-electron chi connectivity index (χ0n) is 18.3. The normalized spacial score (nSPS) is 11.3. The van der Waals surface area contributed by atoms with Crippen molar-refractivity contribution in [1.29, 1.82) is 0 Å². The maximum absolute atomic E-state index is 13.4. The Kier molecular flexibility index (Phi) is 5.78. The number of carbonyl (C=O) groups is 1. The predicted molar refractivity (Wildman–Crippen MR) is 135 cm³/mol. The second-order valence-corrected chi connectivity index (χ2v) is 9.85. The van der Waals surface area contributed by atoms with Crippen LogP contribution in [0.2, 0.25) is 0 Å². The lowest BCUT2D eigenvalue weighted by molar-refractivity contribution is -0.119. The Bertz CT molecular complexity index is 1520. The maximum atomic E-state index is 13.4. The minimum absolute atomic E-state index is 0.0791. The van der Waals surface area contributed by atoms with Crippen LogP contribution in [0.4, 0.5) is 5.13 Å². The number of anilines is 1. The Morgan fingerprint density at radius 2 is 1.91 bits per heavy atom. The number of hydrogen-bond donors (Lipinski definition) is 0. The van der Waals surface area contributed by atoms with Crippen molar-refractivity contribution in [2.45, 2.75) is 33.4 Å². The minimum Gasteiger partial charge on any atom is -0.298 e. The maximum Gasteiger partial charge on any atom is 0.262 e. The van der Waals surface area contributed by atoms with E-state index in [1.807, 2.05) is 35.7 Å². The fourth-order valence-corrected chi connectivity index (χ4v) is 5.53. The molecule has 0 saturated carbocycles. The first-order valence-corrected chi connectivity index (χ1v) is 12.3. The Morgan fingerprint density at radius 1 is 1.09 bits per heavy atom. The third-order valence-electron chi connectivity index (χ3n) is 5.81. The molecule has 0 saturated heterocycles. The van der Waals surface area contributed by atoms with E-state index in [-0.39, 0.29) is 24.4 Å². The molecule has 3 heterocycles. The second-order valence-electron chi connectivity index (χ2n) is 7.95. The van der Waals surface area contributed by atoms with Crippen molar-refractivity contribution in [3.63, 3.8) is 0 Å². The molecule has 0 spiro atoms. The smallest absolute Gasteiger partial charge is 0.262 e. The summed E-state index contributed by atoms with van der Waals surface area (Å²) in [5.74, 6) is -0.0791. The first-order valence-electron chi connectivity index (χ1n) is 10.6. The number of amides is 1. The van der Waals surface area contributed by atoms with Gasteiger partial charge in [-0.2, -0.15) is 0 Å². The number of aromatic nitrogens is 3. The third kappa shape index (κ3) is 4.19. The Balaban J connectivity index is 1.46. The number of hydrogen-bond acceptors (Lipinski definition) is 6. The highest BCUT2D eigenvalue weighted by atomic mass is 32.1. The van der Waals surface area contributed by atoms with Crippen molar-refractivity contribution in [3.05, 3.63) is 87.3 Å². The lowest BCUT2D eigenvalue weighted by atomic mass is 10.1. The van der Waals surface area contributed by atoms with E-state index in [9.17, 15) is 9.59 Å². The van der Waals surface area contributed by atoms with Crippen LogP contribution in [-0.2, 0) is 17.9 Å². The largest absolute Gasteiger partial charge is 0.298 e. The molecule has 0 radical (unpaired) electrons. The van der Waals surface area contributed by atoms with E-state index in [1.165, 1.54) is 39.1 Å². The van der Waals surface area contributed by atoms with Gasteiger partial charge < -0.3 is 0 Å². The van der Waals surface area contributed by atoms with Gasteiger partial charge >= 0.3 is 0 Å². The van der Waals surface area contributed by atoms with E-state index in [0.29, 0.717) is 21.9 Å². The first kappa shape index (κ1) is 21.5. The number of benzene rings is 2. The SMILES string of the molecule is Cc1ccc2sc(N(Cc3ccccc3)C(=O)CCn3cnc4sccc4c3=O)nc2c1C.